The van der Waals surface area contributed by atoms with Gasteiger partial charge in [0, 0.05) is 24.5 Å². The van der Waals surface area contributed by atoms with E-state index in [1.807, 2.05) is 61.5 Å². The van der Waals surface area contributed by atoms with E-state index in [9.17, 15) is 0 Å². The molecular weight excluding hydrogens is 404 g/mol. The number of hydrogen-bond acceptors (Lipinski definition) is 8. The highest BCUT2D eigenvalue weighted by atomic mass is 35.5. The van der Waals surface area contributed by atoms with Crippen molar-refractivity contribution in [3.8, 4) is 5.75 Å². The van der Waals surface area contributed by atoms with Crippen LogP contribution in [-0.2, 0) is 4.74 Å². The predicted octanol–water partition coefficient (Wildman–Crippen LogP) is 4.02. The Morgan fingerprint density at radius 3 is 2.07 bits per heavy atom. The normalized spacial score (nSPS) is 13.3. The van der Waals surface area contributed by atoms with Crippen LogP contribution in [0.4, 0.5) is 29.2 Å². The lowest BCUT2D eigenvalue weighted by Crippen LogP contribution is -2.37. The van der Waals surface area contributed by atoms with E-state index in [2.05, 4.69) is 30.5 Å². The third-order valence-electron chi connectivity index (χ3n) is 4.37. The molecule has 0 amide bonds. The Bertz CT molecular complexity index is 921. The fraction of sp³-hybridized carbons (Fsp3) is 0.286. The zero-order valence-corrected chi connectivity index (χ0v) is 17.6. The second kappa shape index (κ2) is 10.6. The fourth-order valence-corrected chi connectivity index (χ4v) is 2.96. The Morgan fingerprint density at radius 2 is 1.47 bits per heavy atom. The molecule has 0 aliphatic carbocycles. The number of benzene rings is 2. The molecule has 1 aliphatic rings. The molecule has 0 unspecified atom stereocenters. The molecule has 30 heavy (non-hydrogen) atoms. The minimum absolute atomic E-state index is 0. The summed E-state index contributed by atoms with van der Waals surface area (Å²) in [6.07, 6.45) is 0. The quantitative estimate of drug-likeness (QED) is 0.583. The van der Waals surface area contributed by atoms with Crippen molar-refractivity contribution in [2.75, 3.05) is 48.4 Å². The van der Waals surface area contributed by atoms with E-state index in [-0.39, 0.29) is 12.4 Å². The van der Waals surface area contributed by atoms with Crippen LogP contribution >= 0.6 is 12.4 Å². The SMILES string of the molecule is CCOc1ccc(Nc2nc(Nc3ccccc3)nc(N3CCOCC3)n2)cc1.Cl. The summed E-state index contributed by atoms with van der Waals surface area (Å²) in [6.45, 7) is 5.42. The molecule has 2 N–H and O–H groups in total. The van der Waals surface area contributed by atoms with Gasteiger partial charge in [0.2, 0.25) is 17.8 Å². The molecule has 0 spiro atoms. The van der Waals surface area contributed by atoms with Crippen LogP contribution in [0.25, 0.3) is 0 Å². The Morgan fingerprint density at radius 1 is 0.867 bits per heavy atom. The summed E-state index contributed by atoms with van der Waals surface area (Å²) in [5.74, 6) is 2.41. The first-order valence-electron chi connectivity index (χ1n) is 9.71. The Hall–Kier alpha value is -3.10. The van der Waals surface area contributed by atoms with E-state index in [4.69, 9.17) is 9.47 Å². The lowest BCUT2D eigenvalue weighted by Gasteiger charge is -2.27. The smallest absolute Gasteiger partial charge is 0.233 e. The second-order valence-electron chi connectivity index (χ2n) is 6.46. The van der Waals surface area contributed by atoms with E-state index in [0.29, 0.717) is 37.7 Å². The van der Waals surface area contributed by atoms with Crippen LogP contribution in [0.3, 0.4) is 0 Å². The first kappa shape index (κ1) is 21.6. The largest absolute Gasteiger partial charge is 0.494 e. The van der Waals surface area contributed by atoms with Crippen molar-refractivity contribution < 1.29 is 9.47 Å². The Balaban J connectivity index is 0.00000256. The van der Waals surface area contributed by atoms with Crippen LogP contribution < -0.4 is 20.3 Å². The molecule has 158 valence electrons. The molecule has 0 atom stereocenters. The van der Waals surface area contributed by atoms with Gasteiger partial charge >= 0.3 is 0 Å². The van der Waals surface area contributed by atoms with Crippen molar-refractivity contribution in [3.05, 3.63) is 54.6 Å². The standard InChI is InChI=1S/C21H24N6O2.ClH/c1-2-29-18-10-8-17(9-11-18)23-20-24-19(22-16-6-4-3-5-7-16)25-21(26-20)27-12-14-28-15-13-27;/h3-11H,2,12-15H2,1H3,(H2,22,23,24,25,26);1H. The van der Waals surface area contributed by atoms with Gasteiger partial charge in [-0.25, -0.2) is 0 Å². The van der Waals surface area contributed by atoms with Crippen LogP contribution in [0.15, 0.2) is 54.6 Å². The summed E-state index contributed by atoms with van der Waals surface area (Å²) in [5, 5.41) is 6.52. The van der Waals surface area contributed by atoms with Crippen LogP contribution in [-0.4, -0.2) is 47.9 Å². The van der Waals surface area contributed by atoms with Gasteiger partial charge in [-0.3, -0.25) is 0 Å². The number of ether oxygens (including phenoxy) is 2. The number of hydrogen-bond donors (Lipinski definition) is 2. The molecule has 3 aromatic rings. The minimum atomic E-state index is 0. The van der Waals surface area contributed by atoms with Gasteiger partial charge in [-0.15, -0.1) is 12.4 Å². The summed E-state index contributed by atoms with van der Waals surface area (Å²) < 4.78 is 10.9. The zero-order valence-electron chi connectivity index (χ0n) is 16.7. The lowest BCUT2D eigenvalue weighted by molar-refractivity contribution is 0.122. The van der Waals surface area contributed by atoms with E-state index in [1.165, 1.54) is 0 Å². The molecule has 0 bridgehead atoms. The summed E-state index contributed by atoms with van der Waals surface area (Å²) in [6, 6.07) is 17.5. The summed E-state index contributed by atoms with van der Waals surface area (Å²) in [7, 11) is 0. The summed E-state index contributed by atoms with van der Waals surface area (Å²) in [5.41, 5.74) is 1.79. The van der Waals surface area contributed by atoms with Crippen LogP contribution in [0.2, 0.25) is 0 Å². The van der Waals surface area contributed by atoms with Gasteiger partial charge in [0.05, 0.1) is 19.8 Å². The van der Waals surface area contributed by atoms with Gasteiger partial charge in [-0.1, -0.05) is 18.2 Å². The molecule has 1 saturated heterocycles. The molecule has 0 radical (unpaired) electrons. The van der Waals surface area contributed by atoms with Gasteiger partial charge in [-0.2, -0.15) is 15.0 Å². The number of halogens is 1. The van der Waals surface area contributed by atoms with E-state index >= 15 is 0 Å². The summed E-state index contributed by atoms with van der Waals surface area (Å²) in [4.78, 5) is 15.9. The van der Waals surface area contributed by atoms with E-state index in [0.717, 1.165) is 30.2 Å². The zero-order chi connectivity index (χ0) is 19.9. The van der Waals surface area contributed by atoms with Gasteiger partial charge in [0.25, 0.3) is 0 Å². The van der Waals surface area contributed by atoms with Crippen LogP contribution in [0.1, 0.15) is 6.92 Å². The average molecular weight is 429 g/mol. The highest BCUT2D eigenvalue weighted by Gasteiger charge is 2.17. The van der Waals surface area contributed by atoms with Crippen molar-refractivity contribution in [1.82, 2.24) is 15.0 Å². The van der Waals surface area contributed by atoms with Gasteiger partial charge in [0.1, 0.15) is 5.75 Å². The number of nitrogens with zero attached hydrogens (tertiary/aromatic N) is 4. The van der Waals surface area contributed by atoms with Crippen molar-refractivity contribution in [2.24, 2.45) is 0 Å². The first-order chi connectivity index (χ1) is 14.3. The summed E-state index contributed by atoms with van der Waals surface area (Å²) >= 11 is 0. The maximum absolute atomic E-state index is 5.50. The van der Waals surface area contributed by atoms with Gasteiger partial charge in [-0.05, 0) is 43.3 Å². The molecule has 8 nitrogen and oxygen atoms in total. The Labute approximate surface area is 182 Å². The monoisotopic (exact) mass is 428 g/mol. The van der Waals surface area contributed by atoms with Crippen LogP contribution in [0.5, 0.6) is 5.75 Å². The molecule has 4 rings (SSSR count). The molecule has 1 aromatic heterocycles. The van der Waals surface area contributed by atoms with E-state index < -0.39 is 0 Å². The van der Waals surface area contributed by atoms with Crippen molar-refractivity contribution in [3.63, 3.8) is 0 Å². The number of para-hydroxylation sites is 1. The van der Waals surface area contributed by atoms with Gasteiger partial charge < -0.3 is 25.0 Å². The molecule has 9 heteroatoms. The van der Waals surface area contributed by atoms with Gasteiger partial charge in [0.15, 0.2) is 0 Å². The fourth-order valence-electron chi connectivity index (χ4n) is 2.96. The van der Waals surface area contributed by atoms with Crippen molar-refractivity contribution in [1.29, 1.82) is 0 Å². The molecule has 2 heterocycles. The number of aromatic nitrogens is 3. The molecule has 1 aliphatic heterocycles. The van der Waals surface area contributed by atoms with E-state index in [1.54, 1.807) is 0 Å². The molecule has 2 aromatic carbocycles. The second-order valence-corrected chi connectivity index (χ2v) is 6.46. The highest BCUT2D eigenvalue weighted by molar-refractivity contribution is 5.85. The third-order valence-corrected chi connectivity index (χ3v) is 4.37. The van der Waals surface area contributed by atoms with Crippen molar-refractivity contribution in [2.45, 2.75) is 6.92 Å². The predicted molar refractivity (Wildman–Crippen MR) is 121 cm³/mol. The lowest BCUT2D eigenvalue weighted by atomic mass is 10.3. The topological polar surface area (TPSA) is 84.4 Å². The number of nitrogens with one attached hydrogen (secondary N) is 2. The minimum Gasteiger partial charge on any atom is -0.494 e. The average Bonchev–Trinajstić information content (AvgIpc) is 2.76. The maximum atomic E-state index is 5.50. The maximum Gasteiger partial charge on any atom is 0.233 e. The molecule has 1 fully saturated rings. The number of rotatable bonds is 7. The van der Waals surface area contributed by atoms with Crippen molar-refractivity contribution >= 4 is 41.6 Å². The number of morpholine rings is 1. The molecular formula is C21H25ClN6O2. The number of anilines is 5. The Kier molecular flexibility index (Phi) is 7.64. The van der Waals surface area contributed by atoms with Crippen LogP contribution in [0, 0.1) is 0 Å². The highest BCUT2D eigenvalue weighted by Crippen LogP contribution is 2.22. The first-order valence-corrected chi connectivity index (χ1v) is 9.71. The third kappa shape index (κ3) is 5.71. The molecule has 0 saturated carbocycles.